The summed E-state index contributed by atoms with van der Waals surface area (Å²) in [6.07, 6.45) is 2.47. The second-order valence-electron chi connectivity index (χ2n) is 6.18. The molecule has 0 saturated carbocycles. The number of ether oxygens (including phenoxy) is 1. The van der Waals surface area contributed by atoms with Crippen molar-refractivity contribution >= 4 is 0 Å². The molecule has 2 rings (SSSR count). The lowest BCUT2D eigenvalue weighted by molar-refractivity contribution is 0.153. The van der Waals surface area contributed by atoms with Gasteiger partial charge in [-0.1, -0.05) is 0 Å². The third-order valence-electron chi connectivity index (χ3n) is 4.36. The van der Waals surface area contributed by atoms with Crippen LogP contribution in [0.15, 0.2) is 0 Å². The Morgan fingerprint density at radius 2 is 2.19 bits per heavy atom. The molecule has 1 aromatic rings. The minimum atomic E-state index is 0.182. The first-order chi connectivity index (χ1) is 9.99. The van der Waals surface area contributed by atoms with Gasteiger partial charge < -0.3 is 15.4 Å². The molecule has 1 fully saturated rings. The summed E-state index contributed by atoms with van der Waals surface area (Å²) in [6, 6.07) is 0.735. The van der Waals surface area contributed by atoms with Crippen LogP contribution >= 0.6 is 0 Å². The summed E-state index contributed by atoms with van der Waals surface area (Å²) in [4.78, 5) is 4.79. The number of nitrogens with zero attached hydrogens (tertiary/aromatic N) is 4. The first-order valence-corrected chi connectivity index (χ1v) is 7.67. The molecule has 0 spiro atoms. The van der Waals surface area contributed by atoms with Crippen molar-refractivity contribution in [3.63, 3.8) is 0 Å². The van der Waals surface area contributed by atoms with Crippen LogP contribution in [0.4, 0.5) is 0 Å². The Bertz CT molecular complexity index is 471. The number of hydrogen-bond donors (Lipinski definition) is 1. The van der Waals surface area contributed by atoms with E-state index in [1.54, 1.807) is 7.11 Å². The lowest BCUT2D eigenvalue weighted by atomic mass is 10.0. The molecule has 0 bridgehead atoms. The molecule has 120 valence electrons. The quantitative estimate of drug-likeness (QED) is 0.840. The van der Waals surface area contributed by atoms with E-state index in [1.165, 1.54) is 12.8 Å². The summed E-state index contributed by atoms with van der Waals surface area (Å²) < 4.78 is 7.37. The highest BCUT2D eigenvalue weighted by molar-refractivity contribution is 5.35. The standard InChI is InChI=1S/C15H29N5O/c1-11-14(15(21-5)19(4)17-11)13(9-16)20-8-6-7-12(20)10-18(2)3/h12-13H,6-10,16H2,1-5H3. The lowest BCUT2D eigenvalue weighted by Gasteiger charge is -2.34. The van der Waals surface area contributed by atoms with E-state index in [0.717, 1.165) is 30.2 Å². The fourth-order valence-electron chi connectivity index (χ4n) is 3.58. The Morgan fingerprint density at radius 1 is 1.48 bits per heavy atom. The van der Waals surface area contributed by atoms with E-state index in [9.17, 15) is 0 Å². The highest BCUT2D eigenvalue weighted by atomic mass is 16.5. The molecule has 0 amide bonds. The molecule has 6 heteroatoms. The SMILES string of the molecule is COc1c(C(CN)N2CCCC2CN(C)C)c(C)nn1C. The van der Waals surface area contributed by atoms with Crippen LogP contribution in [0.25, 0.3) is 0 Å². The molecular weight excluding hydrogens is 266 g/mol. The molecular formula is C15H29N5O. The predicted octanol–water partition coefficient (Wildman–Crippen LogP) is 0.763. The van der Waals surface area contributed by atoms with Crippen LogP contribution < -0.4 is 10.5 Å². The summed E-state index contributed by atoms with van der Waals surface area (Å²) in [5, 5.41) is 4.51. The number of nitrogens with two attached hydrogens (primary N) is 1. The molecule has 1 saturated heterocycles. The molecule has 2 heterocycles. The molecule has 6 nitrogen and oxygen atoms in total. The minimum Gasteiger partial charge on any atom is -0.481 e. The number of hydrogen-bond acceptors (Lipinski definition) is 5. The Balaban J connectivity index is 2.31. The monoisotopic (exact) mass is 295 g/mol. The van der Waals surface area contributed by atoms with E-state index >= 15 is 0 Å². The van der Waals surface area contributed by atoms with Gasteiger partial charge in [0.1, 0.15) is 0 Å². The van der Waals surface area contributed by atoms with Crippen molar-refractivity contribution in [2.45, 2.75) is 31.8 Å². The van der Waals surface area contributed by atoms with E-state index in [0.29, 0.717) is 12.6 Å². The normalized spacial score (nSPS) is 21.2. The van der Waals surface area contributed by atoms with Crippen molar-refractivity contribution in [1.29, 1.82) is 0 Å². The molecule has 0 radical (unpaired) electrons. The molecule has 0 aliphatic carbocycles. The van der Waals surface area contributed by atoms with Crippen LogP contribution in [-0.2, 0) is 7.05 Å². The fraction of sp³-hybridized carbons (Fsp3) is 0.800. The van der Waals surface area contributed by atoms with Gasteiger partial charge in [-0.15, -0.1) is 0 Å². The van der Waals surface area contributed by atoms with E-state index in [1.807, 2.05) is 18.7 Å². The van der Waals surface area contributed by atoms with Gasteiger partial charge in [0.05, 0.1) is 24.4 Å². The van der Waals surface area contributed by atoms with Gasteiger partial charge in [-0.05, 0) is 40.4 Å². The van der Waals surface area contributed by atoms with E-state index < -0.39 is 0 Å². The highest BCUT2D eigenvalue weighted by Crippen LogP contribution is 2.35. The molecule has 1 aromatic heterocycles. The third-order valence-corrected chi connectivity index (χ3v) is 4.36. The summed E-state index contributed by atoms with van der Waals surface area (Å²) in [5.41, 5.74) is 8.29. The number of methoxy groups -OCH3 is 1. The Morgan fingerprint density at radius 3 is 2.76 bits per heavy atom. The largest absolute Gasteiger partial charge is 0.481 e. The van der Waals surface area contributed by atoms with Crippen molar-refractivity contribution in [2.75, 3.05) is 40.8 Å². The zero-order valence-corrected chi connectivity index (χ0v) is 14.0. The number of aryl methyl sites for hydroxylation is 2. The predicted molar refractivity (Wildman–Crippen MR) is 84.6 cm³/mol. The van der Waals surface area contributed by atoms with Gasteiger partial charge in [-0.3, -0.25) is 4.90 Å². The van der Waals surface area contributed by atoms with Gasteiger partial charge in [0.25, 0.3) is 0 Å². The van der Waals surface area contributed by atoms with Crippen LogP contribution in [0.5, 0.6) is 5.88 Å². The average molecular weight is 295 g/mol. The van der Waals surface area contributed by atoms with Crippen molar-refractivity contribution in [3.05, 3.63) is 11.3 Å². The molecule has 21 heavy (non-hydrogen) atoms. The van der Waals surface area contributed by atoms with E-state index in [4.69, 9.17) is 10.5 Å². The molecule has 1 aliphatic heterocycles. The van der Waals surface area contributed by atoms with Gasteiger partial charge in [-0.2, -0.15) is 5.10 Å². The zero-order valence-electron chi connectivity index (χ0n) is 14.0. The van der Waals surface area contributed by atoms with Gasteiger partial charge in [0.2, 0.25) is 5.88 Å². The summed E-state index contributed by atoms with van der Waals surface area (Å²) in [7, 11) is 7.88. The first-order valence-electron chi connectivity index (χ1n) is 7.67. The Labute approximate surface area is 127 Å². The molecule has 1 aliphatic rings. The summed E-state index contributed by atoms with van der Waals surface area (Å²) >= 11 is 0. The van der Waals surface area contributed by atoms with E-state index in [2.05, 4.69) is 29.0 Å². The third kappa shape index (κ3) is 3.22. The molecule has 0 aromatic carbocycles. The fourth-order valence-corrected chi connectivity index (χ4v) is 3.58. The van der Waals surface area contributed by atoms with Crippen molar-refractivity contribution in [2.24, 2.45) is 12.8 Å². The summed E-state index contributed by atoms with van der Waals surface area (Å²) in [6.45, 7) is 4.79. The van der Waals surface area contributed by atoms with Gasteiger partial charge in [0, 0.05) is 26.2 Å². The zero-order chi connectivity index (χ0) is 15.6. The smallest absolute Gasteiger partial charge is 0.216 e. The molecule has 2 N–H and O–H groups in total. The number of rotatable bonds is 6. The number of likely N-dealkylation sites (tertiary alicyclic amines) is 1. The van der Waals surface area contributed by atoms with Crippen LogP contribution in [0.3, 0.4) is 0 Å². The van der Waals surface area contributed by atoms with Gasteiger partial charge >= 0.3 is 0 Å². The second-order valence-corrected chi connectivity index (χ2v) is 6.18. The average Bonchev–Trinajstić information content (AvgIpc) is 2.96. The Kier molecular flexibility index (Phi) is 5.24. The number of likely N-dealkylation sites (N-methyl/N-ethyl adjacent to an activating group) is 1. The van der Waals surface area contributed by atoms with Crippen molar-refractivity contribution < 1.29 is 4.74 Å². The second kappa shape index (κ2) is 6.77. The molecule has 2 atom stereocenters. The Hall–Kier alpha value is -1.11. The maximum atomic E-state index is 6.13. The first kappa shape index (κ1) is 16.3. The van der Waals surface area contributed by atoms with Gasteiger partial charge in [0.15, 0.2) is 0 Å². The van der Waals surface area contributed by atoms with Crippen LogP contribution in [0, 0.1) is 6.92 Å². The maximum Gasteiger partial charge on any atom is 0.216 e. The molecule has 2 unspecified atom stereocenters. The topological polar surface area (TPSA) is 59.6 Å². The van der Waals surface area contributed by atoms with Crippen LogP contribution in [-0.4, -0.2) is 66.5 Å². The highest BCUT2D eigenvalue weighted by Gasteiger charge is 2.34. The van der Waals surface area contributed by atoms with Crippen LogP contribution in [0.2, 0.25) is 0 Å². The van der Waals surface area contributed by atoms with Crippen molar-refractivity contribution in [1.82, 2.24) is 19.6 Å². The number of aromatic nitrogens is 2. The van der Waals surface area contributed by atoms with Crippen LogP contribution in [0.1, 0.15) is 30.1 Å². The summed E-state index contributed by atoms with van der Waals surface area (Å²) in [5.74, 6) is 0.832. The van der Waals surface area contributed by atoms with Crippen molar-refractivity contribution in [3.8, 4) is 5.88 Å². The van der Waals surface area contributed by atoms with E-state index in [-0.39, 0.29) is 6.04 Å². The lowest BCUT2D eigenvalue weighted by Crippen LogP contribution is -2.42. The maximum absolute atomic E-state index is 6.13. The van der Waals surface area contributed by atoms with Gasteiger partial charge in [-0.25, -0.2) is 4.68 Å². The minimum absolute atomic E-state index is 0.182.